The zero-order chi connectivity index (χ0) is 23.9. The molecule has 1 aliphatic carbocycles. The minimum Gasteiger partial charge on any atom is -0.486 e. The van der Waals surface area contributed by atoms with E-state index in [1.807, 2.05) is 45.3 Å². The van der Waals surface area contributed by atoms with Crippen LogP contribution in [0, 0.1) is 0 Å². The first-order valence-corrected chi connectivity index (χ1v) is 12.5. The minimum absolute atomic E-state index is 0.128. The number of benzene rings is 1. The van der Waals surface area contributed by atoms with E-state index in [9.17, 15) is 4.79 Å². The Morgan fingerprint density at radius 2 is 1.76 bits per heavy atom. The van der Waals surface area contributed by atoms with Gasteiger partial charge in [-0.1, -0.05) is 12.1 Å². The van der Waals surface area contributed by atoms with Gasteiger partial charge in [-0.05, 0) is 67.2 Å². The number of amides is 1. The van der Waals surface area contributed by atoms with Crippen molar-refractivity contribution >= 4 is 27.7 Å². The number of carbonyl (C=O) groups excluding carboxylic acids is 1. The van der Waals surface area contributed by atoms with Gasteiger partial charge < -0.3 is 14.4 Å². The molecular weight excluding hydrogens is 498 g/mol. The van der Waals surface area contributed by atoms with Crippen LogP contribution in [0.2, 0.25) is 0 Å². The normalized spacial score (nSPS) is 18.2. The molecule has 2 aromatic heterocycles. The smallest absolute Gasteiger partial charge is 0.410 e. The molecule has 0 N–H and O–H groups in total. The summed E-state index contributed by atoms with van der Waals surface area (Å²) in [7, 11) is 0. The van der Waals surface area contributed by atoms with E-state index >= 15 is 0 Å². The van der Waals surface area contributed by atoms with Crippen molar-refractivity contribution < 1.29 is 14.3 Å². The predicted octanol–water partition coefficient (Wildman–Crippen LogP) is 4.62. The maximum Gasteiger partial charge on any atom is 0.410 e. The number of hydrogen-bond donors (Lipinski definition) is 0. The molecule has 180 valence electrons. The molecule has 1 amide bonds. The lowest BCUT2D eigenvalue weighted by atomic mass is 10.1. The number of rotatable bonds is 5. The molecule has 1 aliphatic heterocycles. The third-order valence-corrected chi connectivity index (χ3v) is 6.74. The van der Waals surface area contributed by atoms with Crippen molar-refractivity contribution in [3.63, 3.8) is 0 Å². The van der Waals surface area contributed by atoms with Gasteiger partial charge in [0, 0.05) is 50.7 Å². The maximum absolute atomic E-state index is 12.3. The summed E-state index contributed by atoms with van der Waals surface area (Å²) in [5, 5.41) is 4.31. The zero-order valence-electron chi connectivity index (χ0n) is 19.8. The Kier molecular flexibility index (Phi) is 6.02. The molecule has 3 heterocycles. The molecule has 0 spiro atoms. The van der Waals surface area contributed by atoms with Crippen molar-refractivity contribution in [1.82, 2.24) is 24.4 Å². The van der Waals surface area contributed by atoms with E-state index in [1.165, 1.54) is 0 Å². The summed E-state index contributed by atoms with van der Waals surface area (Å²) in [5.41, 5.74) is 2.27. The second-order valence-corrected chi connectivity index (χ2v) is 11.0. The van der Waals surface area contributed by atoms with E-state index in [1.54, 1.807) is 15.6 Å². The second-order valence-electron chi connectivity index (χ2n) is 10.2. The summed E-state index contributed by atoms with van der Waals surface area (Å²) in [6, 6.07) is 8.18. The number of nitrogens with zero attached hydrogens (tertiary/aromatic N) is 5. The Morgan fingerprint density at radius 3 is 2.41 bits per heavy atom. The highest BCUT2D eigenvalue weighted by Gasteiger charge is 2.47. The lowest BCUT2D eigenvalue weighted by molar-refractivity contribution is 0.0100. The summed E-state index contributed by atoms with van der Waals surface area (Å²) < 4.78 is 14.6. The minimum atomic E-state index is -0.463. The highest BCUT2D eigenvalue weighted by molar-refractivity contribution is 9.10. The van der Waals surface area contributed by atoms with Gasteiger partial charge in [0.25, 0.3) is 0 Å². The summed E-state index contributed by atoms with van der Waals surface area (Å²) >= 11 is 3.46. The van der Waals surface area contributed by atoms with Crippen LogP contribution in [0.1, 0.15) is 33.6 Å². The molecule has 1 saturated carbocycles. The van der Waals surface area contributed by atoms with Crippen molar-refractivity contribution in [3.8, 4) is 16.9 Å². The molecule has 8 nitrogen and oxygen atoms in total. The summed E-state index contributed by atoms with van der Waals surface area (Å²) in [4.78, 5) is 21.0. The van der Waals surface area contributed by atoms with Gasteiger partial charge in [0.15, 0.2) is 5.65 Å². The van der Waals surface area contributed by atoms with E-state index in [0.717, 1.165) is 59.5 Å². The first-order chi connectivity index (χ1) is 16.2. The van der Waals surface area contributed by atoms with E-state index in [2.05, 4.69) is 43.0 Å². The molecule has 2 aliphatic rings. The van der Waals surface area contributed by atoms with E-state index < -0.39 is 5.60 Å². The van der Waals surface area contributed by atoms with Crippen molar-refractivity contribution in [1.29, 1.82) is 0 Å². The largest absolute Gasteiger partial charge is 0.486 e. The van der Waals surface area contributed by atoms with Crippen molar-refractivity contribution in [3.05, 3.63) is 47.3 Å². The van der Waals surface area contributed by atoms with Gasteiger partial charge in [-0.15, -0.1) is 0 Å². The number of fused-ring (bicyclic) bond motifs is 1. The van der Waals surface area contributed by atoms with E-state index in [-0.39, 0.29) is 11.7 Å². The van der Waals surface area contributed by atoms with Crippen LogP contribution in [0.4, 0.5) is 4.79 Å². The van der Waals surface area contributed by atoms with E-state index in [0.29, 0.717) is 13.1 Å². The summed E-state index contributed by atoms with van der Waals surface area (Å²) in [6.07, 6.45) is 7.46. The average Bonchev–Trinajstić information content (AvgIpc) is 3.45. The summed E-state index contributed by atoms with van der Waals surface area (Å²) in [6.45, 7) is 9.62. The molecule has 5 rings (SSSR count). The van der Waals surface area contributed by atoms with E-state index in [4.69, 9.17) is 9.47 Å². The first-order valence-electron chi connectivity index (χ1n) is 11.7. The third kappa shape index (κ3) is 5.20. The Balaban J connectivity index is 1.16. The van der Waals surface area contributed by atoms with Crippen LogP contribution in [0.3, 0.4) is 0 Å². The predicted molar refractivity (Wildman–Crippen MR) is 133 cm³/mol. The fraction of sp³-hybridized carbons (Fsp3) is 0.480. The number of hydrogen-bond acceptors (Lipinski definition) is 6. The highest BCUT2D eigenvalue weighted by atomic mass is 79.9. The standard InChI is InChI=1S/C25H30BrN5O3/c1-24(2,3)34-23(32)30-12-10-29(11-13-30)17-25(8-9-25)33-20-6-4-18(5-7-20)19-14-27-22-21(26)15-28-31(22)16-19/h4-7,14-16H,8-13,17H2,1-3H3. The zero-order valence-corrected chi connectivity index (χ0v) is 21.4. The lowest BCUT2D eigenvalue weighted by Gasteiger charge is -2.37. The quantitative estimate of drug-likeness (QED) is 0.481. The van der Waals surface area contributed by atoms with Gasteiger partial charge in [-0.25, -0.2) is 14.3 Å². The SMILES string of the molecule is CC(C)(C)OC(=O)N1CCN(CC2(Oc3ccc(-c4cnc5c(Br)cnn5c4)cc3)CC2)CC1. The molecule has 34 heavy (non-hydrogen) atoms. The van der Waals surface area contributed by atoms with Gasteiger partial charge in [-0.2, -0.15) is 5.10 Å². The van der Waals surface area contributed by atoms with Crippen LogP contribution in [-0.2, 0) is 4.74 Å². The number of halogens is 1. The molecule has 0 unspecified atom stereocenters. The number of aromatic nitrogens is 3. The topological polar surface area (TPSA) is 72.2 Å². The second kappa shape index (κ2) is 8.85. The maximum atomic E-state index is 12.3. The van der Waals surface area contributed by atoms with Gasteiger partial charge in [0.2, 0.25) is 0 Å². The van der Waals surface area contributed by atoms with Gasteiger partial charge in [-0.3, -0.25) is 4.90 Å². The molecule has 0 atom stereocenters. The van der Waals surface area contributed by atoms with Crippen LogP contribution in [0.15, 0.2) is 47.3 Å². The lowest BCUT2D eigenvalue weighted by Crippen LogP contribution is -2.52. The highest BCUT2D eigenvalue weighted by Crippen LogP contribution is 2.41. The number of carbonyl (C=O) groups is 1. The Hall–Kier alpha value is -2.65. The Labute approximate surface area is 208 Å². The molecule has 0 bridgehead atoms. The molecule has 2 fully saturated rings. The van der Waals surface area contributed by atoms with Crippen LogP contribution >= 0.6 is 15.9 Å². The van der Waals surface area contributed by atoms with Crippen LogP contribution in [0.5, 0.6) is 5.75 Å². The number of piperazine rings is 1. The molecule has 0 radical (unpaired) electrons. The van der Waals surface area contributed by atoms with Crippen LogP contribution in [-0.4, -0.2) is 74.4 Å². The summed E-state index contributed by atoms with van der Waals surface area (Å²) in [5.74, 6) is 0.879. The molecule has 1 aromatic carbocycles. The molecule has 1 saturated heterocycles. The van der Waals surface area contributed by atoms with Crippen molar-refractivity contribution in [2.45, 2.75) is 44.8 Å². The van der Waals surface area contributed by atoms with Gasteiger partial charge in [0.05, 0.1) is 10.7 Å². The average molecular weight is 528 g/mol. The molecular formula is C25H30BrN5O3. The van der Waals surface area contributed by atoms with Gasteiger partial charge in [0.1, 0.15) is 17.0 Å². The number of ether oxygens (including phenoxy) is 2. The van der Waals surface area contributed by atoms with Crippen molar-refractivity contribution in [2.75, 3.05) is 32.7 Å². The first kappa shape index (κ1) is 23.1. The van der Waals surface area contributed by atoms with Crippen molar-refractivity contribution in [2.24, 2.45) is 0 Å². The third-order valence-electron chi connectivity index (χ3n) is 6.18. The molecule has 3 aromatic rings. The van der Waals surface area contributed by atoms with Gasteiger partial charge >= 0.3 is 6.09 Å². The fourth-order valence-corrected chi connectivity index (χ4v) is 4.59. The monoisotopic (exact) mass is 527 g/mol. The molecule has 9 heteroatoms. The fourth-order valence-electron chi connectivity index (χ4n) is 4.21. The van der Waals surface area contributed by atoms with Crippen LogP contribution < -0.4 is 4.74 Å². The Morgan fingerprint density at radius 1 is 1.06 bits per heavy atom. The Bertz CT molecular complexity index is 1180. The van der Waals surface area contributed by atoms with Crippen LogP contribution in [0.25, 0.3) is 16.8 Å².